The summed E-state index contributed by atoms with van der Waals surface area (Å²) in [6, 6.07) is 8.41. The highest BCUT2D eigenvalue weighted by Crippen LogP contribution is 2.28. The number of rotatable bonds is 5. The van der Waals surface area contributed by atoms with Gasteiger partial charge in [0.1, 0.15) is 0 Å². The quantitative estimate of drug-likeness (QED) is 0.843. The number of benzene rings is 1. The van der Waals surface area contributed by atoms with Gasteiger partial charge in [0.25, 0.3) is 5.91 Å². The molecule has 2 aromatic rings. The second-order valence-electron chi connectivity index (χ2n) is 8.84. The molecule has 156 valence electrons. The fraction of sp³-hybridized carbons (Fsp3) is 0.609. The number of likely N-dealkylation sites (tertiary alicyclic amines) is 1. The highest BCUT2D eigenvalue weighted by Gasteiger charge is 2.33. The Bertz CT molecular complexity index is 845. The molecule has 0 aliphatic carbocycles. The van der Waals surface area contributed by atoms with Gasteiger partial charge in [-0.05, 0) is 67.8 Å². The Labute approximate surface area is 173 Å². The number of aromatic nitrogens is 3. The Morgan fingerprint density at radius 3 is 2.59 bits per heavy atom. The molecule has 4 rings (SSSR count). The number of nitrogens with zero attached hydrogens (tertiary/aromatic N) is 4. The zero-order chi connectivity index (χ0) is 20.4. The van der Waals surface area contributed by atoms with E-state index in [0.717, 1.165) is 63.2 Å². The summed E-state index contributed by atoms with van der Waals surface area (Å²) in [7, 11) is 0. The van der Waals surface area contributed by atoms with Gasteiger partial charge in [-0.1, -0.05) is 44.5 Å². The van der Waals surface area contributed by atoms with Crippen LogP contribution < -0.4 is 5.32 Å². The summed E-state index contributed by atoms with van der Waals surface area (Å²) in [4.78, 5) is 15.4. The Kier molecular flexibility index (Phi) is 5.99. The first-order valence-electron chi connectivity index (χ1n) is 11.1. The third kappa shape index (κ3) is 4.08. The molecule has 1 aromatic carbocycles. The number of carbonyl (C=O) groups excluding carboxylic acids is 1. The number of carbonyl (C=O) groups is 1. The molecule has 2 atom stereocenters. The van der Waals surface area contributed by atoms with Crippen molar-refractivity contribution in [1.29, 1.82) is 0 Å². The molecule has 0 bridgehead atoms. The van der Waals surface area contributed by atoms with Crippen LogP contribution in [-0.2, 0) is 6.42 Å². The summed E-state index contributed by atoms with van der Waals surface area (Å²) in [6.07, 6.45) is 3.91. The molecule has 29 heavy (non-hydrogen) atoms. The summed E-state index contributed by atoms with van der Waals surface area (Å²) < 4.78 is 1.87. The fourth-order valence-electron chi connectivity index (χ4n) is 4.72. The molecule has 2 aliphatic heterocycles. The third-order valence-electron chi connectivity index (χ3n) is 6.54. The van der Waals surface area contributed by atoms with E-state index in [4.69, 9.17) is 0 Å². The molecule has 1 N–H and O–H groups in total. The van der Waals surface area contributed by atoms with Gasteiger partial charge in [0.15, 0.2) is 5.69 Å². The lowest BCUT2D eigenvalue weighted by Crippen LogP contribution is -2.33. The standard InChI is InChI=1S/C23H33N5O/c1-4-6-21-22(23(29)27-11-9-18-14-24-15-19(18)10-12-27)25-26-28(21)20-8-5-7-17(13-20)16(2)3/h5,7-8,13,16,18-19,24H,4,6,9-12,14-15H2,1-3H3/t18-,19+. The molecule has 6 heteroatoms. The minimum Gasteiger partial charge on any atom is -0.337 e. The highest BCUT2D eigenvalue weighted by atomic mass is 16.2. The van der Waals surface area contributed by atoms with Crippen LogP contribution in [0.2, 0.25) is 0 Å². The van der Waals surface area contributed by atoms with Crippen LogP contribution >= 0.6 is 0 Å². The molecule has 0 radical (unpaired) electrons. The lowest BCUT2D eigenvalue weighted by Gasteiger charge is -2.20. The minimum absolute atomic E-state index is 0.0487. The monoisotopic (exact) mass is 395 g/mol. The van der Waals surface area contributed by atoms with Crippen molar-refractivity contribution in [2.24, 2.45) is 11.8 Å². The summed E-state index contributed by atoms with van der Waals surface area (Å²) in [5.41, 5.74) is 3.72. The van der Waals surface area contributed by atoms with E-state index in [1.54, 1.807) is 0 Å². The van der Waals surface area contributed by atoms with E-state index in [2.05, 4.69) is 54.6 Å². The SMILES string of the molecule is CCCc1c(C(=O)N2CC[C@@H]3CNC[C@@H]3CC2)nnn1-c1cccc(C(C)C)c1. The largest absolute Gasteiger partial charge is 0.337 e. The van der Waals surface area contributed by atoms with Crippen LogP contribution in [0.25, 0.3) is 5.69 Å². The third-order valence-corrected chi connectivity index (χ3v) is 6.54. The fourth-order valence-corrected chi connectivity index (χ4v) is 4.72. The van der Waals surface area contributed by atoms with E-state index in [9.17, 15) is 4.79 Å². The topological polar surface area (TPSA) is 63.1 Å². The lowest BCUT2D eigenvalue weighted by molar-refractivity contribution is 0.0751. The number of fused-ring (bicyclic) bond motifs is 1. The summed E-state index contributed by atoms with van der Waals surface area (Å²) in [5.74, 6) is 1.91. The maximum atomic E-state index is 13.4. The first-order chi connectivity index (χ1) is 14.1. The van der Waals surface area contributed by atoms with E-state index >= 15 is 0 Å². The van der Waals surface area contributed by atoms with E-state index in [0.29, 0.717) is 23.4 Å². The predicted molar refractivity (Wildman–Crippen MR) is 114 cm³/mol. The Hall–Kier alpha value is -2.21. The number of amides is 1. The van der Waals surface area contributed by atoms with E-state index in [1.165, 1.54) is 5.56 Å². The maximum Gasteiger partial charge on any atom is 0.276 e. The molecule has 6 nitrogen and oxygen atoms in total. The van der Waals surface area contributed by atoms with Gasteiger partial charge in [0.2, 0.25) is 0 Å². The molecule has 0 saturated carbocycles. The maximum absolute atomic E-state index is 13.4. The Morgan fingerprint density at radius 1 is 1.21 bits per heavy atom. The summed E-state index contributed by atoms with van der Waals surface area (Å²) in [6.45, 7) is 10.3. The van der Waals surface area contributed by atoms with Gasteiger partial charge >= 0.3 is 0 Å². The van der Waals surface area contributed by atoms with Crippen molar-refractivity contribution in [1.82, 2.24) is 25.2 Å². The molecule has 2 saturated heterocycles. The first kappa shape index (κ1) is 20.1. The van der Waals surface area contributed by atoms with Gasteiger partial charge in [-0.25, -0.2) is 4.68 Å². The molecule has 1 amide bonds. The second kappa shape index (κ2) is 8.66. The van der Waals surface area contributed by atoms with Crippen molar-refractivity contribution < 1.29 is 4.79 Å². The zero-order valence-corrected chi connectivity index (χ0v) is 17.9. The van der Waals surface area contributed by atoms with Crippen molar-refractivity contribution in [3.05, 3.63) is 41.2 Å². The van der Waals surface area contributed by atoms with Crippen LogP contribution in [0.5, 0.6) is 0 Å². The number of hydrogen-bond donors (Lipinski definition) is 1. The molecule has 0 spiro atoms. The second-order valence-corrected chi connectivity index (χ2v) is 8.84. The van der Waals surface area contributed by atoms with Crippen molar-refractivity contribution in [2.75, 3.05) is 26.2 Å². The zero-order valence-electron chi connectivity index (χ0n) is 17.9. The smallest absolute Gasteiger partial charge is 0.276 e. The molecule has 2 aliphatic rings. The van der Waals surface area contributed by atoms with Crippen LogP contribution in [0, 0.1) is 11.8 Å². The van der Waals surface area contributed by atoms with Gasteiger partial charge in [-0.15, -0.1) is 5.10 Å². The van der Waals surface area contributed by atoms with Crippen LogP contribution in [0.15, 0.2) is 24.3 Å². The van der Waals surface area contributed by atoms with Gasteiger partial charge in [0.05, 0.1) is 11.4 Å². The molecular formula is C23H33N5O. The van der Waals surface area contributed by atoms with Gasteiger partial charge in [-0.2, -0.15) is 0 Å². The average Bonchev–Trinajstić information content (AvgIpc) is 3.30. The van der Waals surface area contributed by atoms with Crippen LogP contribution in [0.1, 0.15) is 67.7 Å². The first-order valence-corrected chi connectivity index (χ1v) is 11.1. The van der Waals surface area contributed by atoms with Gasteiger partial charge in [0, 0.05) is 13.1 Å². The summed E-state index contributed by atoms with van der Waals surface area (Å²) in [5, 5.41) is 12.3. The van der Waals surface area contributed by atoms with E-state index < -0.39 is 0 Å². The lowest BCUT2D eigenvalue weighted by atomic mass is 9.92. The van der Waals surface area contributed by atoms with Crippen molar-refractivity contribution in [3.63, 3.8) is 0 Å². The Morgan fingerprint density at radius 2 is 1.93 bits per heavy atom. The van der Waals surface area contributed by atoms with Crippen molar-refractivity contribution in [3.8, 4) is 5.69 Å². The van der Waals surface area contributed by atoms with Crippen LogP contribution in [0.3, 0.4) is 0 Å². The minimum atomic E-state index is 0.0487. The number of nitrogens with one attached hydrogen (secondary N) is 1. The van der Waals surface area contributed by atoms with E-state index in [1.807, 2.05) is 15.6 Å². The van der Waals surface area contributed by atoms with Crippen LogP contribution in [-0.4, -0.2) is 52.0 Å². The predicted octanol–water partition coefficient (Wildman–Crippen LogP) is 3.41. The van der Waals surface area contributed by atoms with Crippen molar-refractivity contribution in [2.45, 2.75) is 52.4 Å². The molecular weight excluding hydrogens is 362 g/mol. The van der Waals surface area contributed by atoms with E-state index in [-0.39, 0.29) is 5.91 Å². The Balaban J connectivity index is 1.61. The van der Waals surface area contributed by atoms with Crippen molar-refractivity contribution >= 4 is 5.91 Å². The normalized spacial score (nSPS) is 22.0. The highest BCUT2D eigenvalue weighted by molar-refractivity contribution is 5.93. The molecule has 1 aromatic heterocycles. The van der Waals surface area contributed by atoms with Gasteiger partial charge in [-0.3, -0.25) is 4.79 Å². The average molecular weight is 396 g/mol. The molecule has 3 heterocycles. The summed E-state index contributed by atoms with van der Waals surface area (Å²) >= 11 is 0. The molecule has 2 fully saturated rings. The number of hydrogen-bond acceptors (Lipinski definition) is 4. The van der Waals surface area contributed by atoms with Crippen LogP contribution in [0.4, 0.5) is 0 Å². The molecule has 0 unspecified atom stereocenters. The van der Waals surface area contributed by atoms with Gasteiger partial charge < -0.3 is 10.2 Å².